The summed E-state index contributed by atoms with van der Waals surface area (Å²) in [6, 6.07) is 0. The van der Waals surface area contributed by atoms with Crippen LogP contribution in [0.3, 0.4) is 0 Å². The molecule has 6 aliphatic rings. The number of nitrogens with one attached hydrogen (secondary N) is 3. The number of aliphatic hydroxyl groups is 1. The first kappa shape index (κ1) is 114. The van der Waals surface area contributed by atoms with Crippen LogP contribution in [0, 0.1) is 34.6 Å². The third-order valence-corrected chi connectivity index (χ3v) is 30.8. The first-order valence-corrected chi connectivity index (χ1v) is 56.4. The van der Waals surface area contributed by atoms with Crippen molar-refractivity contribution >= 4 is 122 Å². The lowest BCUT2D eigenvalue weighted by Crippen LogP contribution is -2.42. The van der Waals surface area contributed by atoms with Gasteiger partial charge in [-0.3, -0.25) is 74.4 Å². The molecule has 0 aromatic carbocycles. The van der Waals surface area contributed by atoms with Crippen molar-refractivity contribution in [2.24, 2.45) is 0 Å². The lowest BCUT2D eigenvalue weighted by molar-refractivity contribution is -0.0840. The topological polar surface area (TPSA) is 743 Å². The molecule has 0 bridgehead atoms. The smallest absolute Gasteiger partial charge is 0.387 e. The third-order valence-electron chi connectivity index (χ3n) is 23.6. The zero-order valence-electron chi connectivity index (χ0n) is 79.3. The molecule has 14 rings (SSSR count). The van der Waals surface area contributed by atoms with Crippen LogP contribution in [-0.2, 0) is 173 Å². The largest absolute Gasteiger partial charge is 0.472 e. The van der Waals surface area contributed by atoms with Crippen molar-refractivity contribution < 1.29 is 155 Å². The summed E-state index contributed by atoms with van der Waals surface area (Å²) in [5, 5.41) is 11.9. The number of phosphoric ester groups is 1. The van der Waals surface area contributed by atoms with Gasteiger partial charge in [-0.2, -0.15) is 9.97 Å². The van der Waals surface area contributed by atoms with E-state index in [-0.39, 0.29) is 129 Å². The monoisotopic (exact) mass is 2230 g/mol. The fourth-order valence-corrected chi connectivity index (χ4v) is 23.3. The van der Waals surface area contributed by atoms with Crippen LogP contribution in [0.4, 0.5) is 17.5 Å². The molecule has 6 fully saturated rings. The summed E-state index contributed by atoms with van der Waals surface area (Å²) in [6.45, 7) is -16.7. The predicted molar refractivity (Wildman–Crippen MR) is 512 cm³/mol. The number of H-pyrrole nitrogens is 3. The number of hydrogen-bond donors (Lipinski definition) is 12. The van der Waals surface area contributed by atoms with Gasteiger partial charge in [0.2, 0.25) is 0 Å². The number of rotatable bonds is 52. The van der Waals surface area contributed by atoms with E-state index in [2.05, 4.69) is 49.8 Å². The van der Waals surface area contributed by atoms with Gasteiger partial charge in [-0.25, -0.2) is 48.7 Å². The maximum absolute atomic E-state index is 15.5. The zero-order valence-corrected chi connectivity index (χ0v) is 87.1. The number of fused-ring (bicyclic) bond motifs is 2. The number of nitrogens with zero attached hydrogens (tertiary/aromatic N) is 13. The highest BCUT2D eigenvalue weighted by molar-refractivity contribution is 8.08. The summed E-state index contributed by atoms with van der Waals surface area (Å²) in [7, 11) is 0.908. The number of phosphoric acid groups is 1. The minimum Gasteiger partial charge on any atom is -0.387 e. The number of nitrogen functional groups attached to an aromatic ring is 3. The van der Waals surface area contributed by atoms with Crippen molar-refractivity contribution in [1.29, 1.82) is 0 Å². The summed E-state index contributed by atoms with van der Waals surface area (Å²) in [5.74, 6) is -0.0521. The summed E-state index contributed by atoms with van der Waals surface area (Å²) < 4.78 is 181. The van der Waals surface area contributed by atoms with Crippen molar-refractivity contribution in [3.63, 3.8) is 0 Å². The molecule has 28 atom stereocenters. The number of anilines is 3. The van der Waals surface area contributed by atoms with Crippen LogP contribution in [0.1, 0.15) is 85.2 Å². The Hall–Kier alpha value is -7.03. The molecule has 6 aliphatic heterocycles. The molecule has 8 aromatic rings. The number of nitrogens with two attached hydrogens (primary N) is 3. The fraction of sp³-hybridized carbons (Fsp3) is 0.662. The number of imidazole rings is 2. The average Bonchev–Trinajstić information content (AvgIpc) is 1.61. The van der Waals surface area contributed by atoms with Crippen molar-refractivity contribution in [1.82, 2.24) is 77.2 Å². The summed E-state index contributed by atoms with van der Waals surface area (Å²) in [5.41, 5.74) is 12.7. The Morgan fingerprint density at radius 1 is 0.393 bits per heavy atom. The van der Waals surface area contributed by atoms with E-state index in [1.807, 2.05) is 0 Å². The molecule has 14 heterocycles. The van der Waals surface area contributed by atoms with E-state index in [1.165, 1.54) is 95.1 Å². The Balaban J connectivity index is 0.761. The third kappa shape index (κ3) is 27.2. The molecule has 15 N–H and O–H groups in total. The number of aryl methyl sites for hydroxylation is 5. The molecule has 8 aromatic heterocycles. The van der Waals surface area contributed by atoms with Gasteiger partial charge in [0.25, 0.3) is 16.7 Å². The Kier molecular flexibility index (Phi) is 38.5. The number of aromatic nitrogens is 16. The van der Waals surface area contributed by atoms with Gasteiger partial charge in [-0.05, 0) is 88.3 Å². The quantitative estimate of drug-likeness (QED) is 0.0153. The number of hydrogen-bond acceptors (Lipinski definition) is 49. The second kappa shape index (κ2) is 49.2. The van der Waals surface area contributed by atoms with E-state index in [1.54, 1.807) is 20.8 Å². The van der Waals surface area contributed by atoms with Crippen LogP contribution in [0.2, 0.25) is 0 Å². The maximum Gasteiger partial charge on any atom is 0.472 e. The first-order chi connectivity index (χ1) is 68.9. The van der Waals surface area contributed by atoms with Gasteiger partial charge in [-0.1, -0.05) is 6.92 Å². The van der Waals surface area contributed by atoms with Crippen LogP contribution in [0.5, 0.6) is 0 Å². The highest BCUT2D eigenvalue weighted by atomic mass is 32.5. The Morgan fingerprint density at radius 2 is 0.759 bits per heavy atom. The van der Waals surface area contributed by atoms with E-state index >= 15 is 4.57 Å². The van der Waals surface area contributed by atoms with Crippen molar-refractivity contribution in [3.8, 4) is 0 Å². The van der Waals surface area contributed by atoms with Gasteiger partial charge in [0.15, 0.2) is 53.8 Å². The number of methoxy groups -OCH3 is 5. The molecule has 6 saturated heterocycles. The van der Waals surface area contributed by atoms with Gasteiger partial charge in [0.05, 0.1) is 124 Å². The normalized spacial score (nSPS) is 29.2. The van der Waals surface area contributed by atoms with Crippen LogP contribution >= 0.6 is 34.7 Å². The van der Waals surface area contributed by atoms with Crippen LogP contribution in [0.25, 0.3) is 22.3 Å². The minimum absolute atomic E-state index is 0.000234. The molecule has 59 nitrogen and oxygen atoms in total. The lowest BCUT2D eigenvalue weighted by Gasteiger charge is -2.30. The summed E-state index contributed by atoms with van der Waals surface area (Å²) in [4.78, 5) is 193. The SMILES string of the molecule is CC[C@H]1O[C@@H](n2cc(C)c(N)nc2=O)C[C@H]1OP(O)(=S)OC[C@H]1O[C@@H](n2cc(C)c(=O)[nH]c2=O)C(OCCOC)[C@H]1OP(O)(=S)OC[C@H]1O[C@@H](n2cc(C)c(=O)[nH]c2=O)C(OCCOC)[C@H]1OP(=O)(O)OC[C@H]1O[C@@H](n2cnc3c(N)ncnc32)C(OCCOC)[C@H]1OP(O)(=S)OC[C@H]1O[C@@H](n2cnc3c(=O)[nH]c(C)nc32)C(OCCOC)[C@H]1OP(O)(=S)OC[C@H]1O[C@@H](n2cc(C)c(N)nc2=O)C(OCCOC)[C@H]1O. The van der Waals surface area contributed by atoms with E-state index < -0.39 is 255 Å². The van der Waals surface area contributed by atoms with Gasteiger partial charge in [-0.15, -0.1) is 0 Å². The fourth-order valence-electron chi connectivity index (χ4n) is 16.6. The van der Waals surface area contributed by atoms with E-state index in [0.717, 1.165) is 32.4 Å². The molecule has 68 heteroatoms. The van der Waals surface area contributed by atoms with Crippen LogP contribution < -0.4 is 56.6 Å². The first-order valence-electron chi connectivity index (χ1n) is 44.5. The predicted octanol–water partition coefficient (Wildman–Crippen LogP) is -1.46. The molecular weight excluding hydrogens is 2110 g/mol. The molecule has 0 spiro atoms. The highest BCUT2D eigenvalue weighted by Crippen LogP contribution is 2.58. The zero-order chi connectivity index (χ0) is 105. The summed E-state index contributed by atoms with van der Waals surface area (Å²) in [6.07, 6.45) is -27.1. The van der Waals surface area contributed by atoms with Gasteiger partial charge in [0, 0.05) is 89.0 Å². The molecule has 0 amide bonds. The number of ether oxygens (including phenoxy) is 16. The molecule has 0 aliphatic carbocycles. The molecule has 0 radical (unpaired) electrons. The standard InChI is InChI=1S/C77H112N19O40P5S4/c1-12-41-42(23-48(126-41)91-24-36(2)61(78)87-74(91)101)132-138(107,142)123-31-46-54(58(118-20-15-113-9)71(129-46)94-27-39(5)67(99)90-77(94)104)135-140(109,144)124-30-45-52(57(117-19-14-112-8)70(128-45)93-26-38(4)66(98)89-76(93)103)133-137(105,106)121-29-44-53(59(119-21-16-114-10)72(130-44)95-34-83-49-63(80)81-33-82-64(49)95)134-141(110,145)125-32-47-55(60(120-22-17-115-11)73(131-47)96-35-84-50-65(96)85-40(6)86-68(50)100)136-139(108,143)122-28-43-51(97)56(116-18-13-111-7)69(127-43)92-25-37(3)62(79)88-75(92)102/h24-27,33-35,41-48,51-60,69-73,97H,12-23,28-32H2,1-11H3,(H,105,106)(H,107,142)(H,108,143)(H,109,144)(H,110,145)(H2,78,87,101)(H2,79,88,102)(H2,80,81,82)(H,85,86,100)(H,89,98,103)(H,90,99,104)/t41-,42-,43-,44-,45-,46-,47-,48-,51+,52+,53+,54+,55+,56?,57?,58?,59?,60?,69-,70-,71-,72-,73-,138?,139?,140?,141?/m1/s1. The minimum atomic E-state index is -5.89. The molecule has 804 valence electrons. The second-order valence-electron chi connectivity index (χ2n) is 33.5. The van der Waals surface area contributed by atoms with Gasteiger partial charge in [0.1, 0.15) is 127 Å². The molecule has 10 unspecified atom stereocenters. The van der Waals surface area contributed by atoms with Crippen LogP contribution in [0.15, 0.2) is 77.3 Å². The van der Waals surface area contributed by atoms with Gasteiger partial charge < -0.3 is 150 Å². The Morgan fingerprint density at radius 3 is 1.20 bits per heavy atom. The van der Waals surface area contributed by atoms with E-state index in [0.29, 0.717) is 11.1 Å². The van der Waals surface area contributed by atoms with E-state index in [4.69, 9.17) is 185 Å². The van der Waals surface area contributed by atoms with Gasteiger partial charge >= 0.3 is 57.5 Å². The lowest BCUT2D eigenvalue weighted by atomic mass is 10.1. The van der Waals surface area contributed by atoms with Crippen molar-refractivity contribution in [3.05, 3.63) is 145 Å². The molecule has 145 heavy (non-hydrogen) atoms. The molecule has 0 saturated carbocycles. The Labute approximate surface area is 841 Å². The number of aliphatic hydroxyl groups excluding tert-OH is 1. The maximum atomic E-state index is 15.5. The summed E-state index contributed by atoms with van der Waals surface area (Å²) >= 11 is 23.0. The second-order valence-corrected chi connectivity index (χ2v) is 46.1. The number of aromatic amines is 3. The Bertz CT molecular complexity index is 6570. The van der Waals surface area contributed by atoms with E-state index in [9.17, 15) is 63.1 Å². The average molecular weight is 2230 g/mol. The highest BCUT2D eigenvalue weighted by Gasteiger charge is 2.58. The van der Waals surface area contributed by atoms with Crippen molar-refractivity contribution in [2.45, 2.75) is 196 Å². The van der Waals surface area contributed by atoms with Crippen molar-refractivity contribution in [2.75, 3.05) is 152 Å². The molecular formula is C77H112N19O40P5S4. The van der Waals surface area contributed by atoms with Crippen LogP contribution in [-0.4, -0.2) is 345 Å².